The molecule has 3 aliphatic rings. The van der Waals surface area contributed by atoms with Gasteiger partial charge in [-0.3, -0.25) is 0 Å². The monoisotopic (exact) mass is 397 g/mol. The van der Waals surface area contributed by atoms with Crippen molar-refractivity contribution in [2.45, 2.75) is 37.7 Å². The largest absolute Gasteiger partial charge is 0.438 e. The van der Waals surface area contributed by atoms with Gasteiger partial charge in [-0.25, -0.2) is 4.98 Å². The fraction of sp³-hybridized carbons (Fsp3) is 0.320. The van der Waals surface area contributed by atoms with Crippen molar-refractivity contribution in [3.63, 3.8) is 0 Å². The van der Waals surface area contributed by atoms with Crippen LogP contribution < -0.4 is 15.8 Å². The van der Waals surface area contributed by atoms with E-state index in [4.69, 9.17) is 10.5 Å². The van der Waals surface area contributed by atoms with E-state index < -0.39 is 11.0 Å². The molecule has 0 unspecified atom stereocenters. The summed E-state index contributed by atoms with van der Waals surface area (Å²) in [6.07, 6.45) is 6.09. The van der Waals surface area contributed by atoms with Gasteiger partial charge in [0.1, 0.15) is 11.4 Å². The van der Waals surface area contributed by atoms with Gasteiger partial charge in [-0.05, 0) is 57.0 Å². The summed E-state index contributed by atoms with van der Waals surface area (Å²) in [5.41, 5.74) is 8.16. The molecular formula is C25H23N3O2. The van der Waals surface area contributed by atoms with Crippen molar-refractivity contribution in [2.75, 3.05) is 6.54 Å². The van der Waals surface area contributed by atoms with Gasteiger partial charge in [-0.1, -0.05) is 23.7 Å². The third-order valence-corrected chi connectivity index (χ3v) is 5.48. The summed E-state index contributed by atoms with van der Waals surface area (Å²) in [6, 6.07) is 8.03. The molecule has 1 saturated carbocycles. The Labute approximate surface area is 176 Å². The molecule has 5 nitrogen and oxygen atoms in total. The zero-order chi connectivity index (χ0) is 20.9. The highest BCUT2D eigenvalue weighted by Crippen LogP contribution is 2.50. The lowest BCUT2D eigenvalue weighted by Gasteiger charge is -2.34. The molecule has 150 valence electrons. The SMILES string of the molecule is CC(C)(O)C#Cc1cnc2c(c1)[C@]1(C=C(N)NC1)c1cc(C#CC3CC3)ccc1O2. The number of ether oxygens (including phenoxy) is 1. The molecule has 30 heavy (non-hydrogen) atoms. The zero-order valence-electron chi connectivity index (χ0n) is 17.0. The van der Waals surface area contributed by atoms with E-state index in [0.29, 0.717) is 29.7 Å². The van der Waals surface area contributed by atoms with E-state index in [0.717, 1.165) is 22.4 Å². The van der Waals surface area contributed by atoms with E-state index >= 15 is 0 Å². The van der Waals surface area contributed by atoms with Crippen LogP contribution in [0.5, 0.6) is 11.6 Å². The molecule has 2 aliphatic heterocycles. The van der Waals surface area contributed by atoms with Crippen LogP contribution >= 0.6 is 0 Å². The highest BCUT2D eigenvalue weighted by molar-refractivity contribution is 5.63. The molecule has 5 rings (SSSR count). The number of nitrogens with two attached hydrogens (primary N) is 1. The number of pyridine rings is 1. The van der Waals surface area contributed by atoms with Crippen LogP contribution in [0.25, 0.3) is 0 Å². The maximum atomic E-state index is 9.94. The highest BCUT2D eigenvalue weighted by atomic mass is 16.5. The minimum atomic E-state index is -1.08. The predicted molar refractivity (Wildman–Crippen MR) is 115 cm³/mol. The molecule has 1 aliphatic carbocycles. The second kappa shape index (κ2) is 6.55. The standard InChI is InChI=1S/C25H23N3O2/c1-24(2,29)10-9-18-12-20-23(27-14-18)30-21-8-7-17(6-5-16-3-4-16)11-19(21)25(20)13-22(26)28-15-25/h7-8,11-14,16,28-29H,3-4,15,26H2,1-2H3/t25-/m0/s1. The Balaban J connectivity index is 1.64. The fourth-order valence-electron chi connectivity index (χ4n) is 3.81. The van der Waals surface area contributed by atoms with Crippen LogP contribution in [0.4, 0.5) is 0 Å². The van der Waals surface area contributed by atoms with Gasteiger partial charge < -0.3 is 20.9 Å². The summed E-state index contributed by atoms with van der Waals surface area (Å²) < 4.78 is 6.14. The smallest absolute Gasteiger partial charge is 0.223 e. The Bertz CT molecular complexity index is 1200. The minimum absolute atomic E-state index is 0.510. The number of aromatic nitrogens is 1. The Morgan fingerprint density at radius 2 is 2.00 bits per heavy atom. The first-order valence-electron chi connectivity index (χ1n) is 10.1. The normalized spacial score (nSPS) is 21.1. The van der Waals surface area contributed by atoms with Gasteiger partial charge in [0, 0.05) is 40.9 Å². The molecule has 5 heteroatoms. The Kier molecular flexibility index (Phi) is 4.07. The number of nitrogens with zero attached hydrogens (tertiary/aromatic N) is 1. The van der Waals surface area contributed by atoms with Crippen molar-refractivity contribution in [1.82, 2.24) is 10.3 Å². The first-order chi connectivity index (χ1) is 14.3. The second-order valence-electron chi connectivity index (χ2n) is 8.67. The van der Waals surface area contributed by atoms with Crippen molar-refractivity contribution in [1.29, 1.82) is 0 Å². The van der Waals surface area contributed by atoms with Gasteiger partial charge in [0.2, 0.25) is 5.88 Å². The van der Waals surface area contributed by atoms with Crippen LogP contribution in [0, 0.1) is 29.6 Å². The van der Waals surface area contributed by atoms with E-state index in [-0.39, 0.29) is 0 Å². The third kappa shape index (κ3) is 3.38. The molecule has 0 radical (unpaired) electrons. The lowest BCUT2D eigenvalue weighted by molar-refractivity contribution is 0.143. The van der Waals surface area contributed by atoms with Gasteiger partial charge >= 0.3 is 0 Å². The lowest BCUT2D eigenvalue weighted by atomic mass is 9.73. The van der Waals surface area contributed by atoms with E-state index in [9.17, 15) is 5.11 Å². The zero-order valence-corrected chi connectivity index (χ0v) is 17.0. The number of benzene rings is 1. The summed E-state index contributed by atoms with van der Waals surface area (Å²) in [5, 5.41) is 13.2. The maximum absolute atomic E-state index is 9.94. The van der Waals surface area contributed by atoms with Crippen LogP contribution in [0.2, 0.25) is 0 Å². The van der Waals surface area contributed by atoms with Gasteiger partial charge in [0.25, 0.3) is 0 Å². The molecule has 1 atom stereocenters. The number of aliphatic hydroxyl groups is 1. The number of hydrogen-bond acceptors (Lipinski definition) is 5. The summed E-state index contributed by atoms with van der Waals surface area (Å²) in [4.78, 5) is 4.52. The fourth-order valence-corrected chi connectivity index (χ4v) is 3.81. The molecule has 2 aromatic rings. The molecule has 4 N–H and O–H groups in total. The highest BCUT2D eigenvalue weighted by Gasteiger charge is 2.44. The molecule has 0 amide bonds. The van der Waals surface area contributed by atoms with Crippen molar-refractivity contribution >= 4 is 0 Å². The lowest BCUT2D eigenvalue weighted by Crippen LogP contribution is -2.34. The first kappa shape index (κ1) is 18.6. The first-order valence-corrected chi connectivity index (χ1v) is 10.1. The molecule has 0 saturated heterocycles. The van der Waals surface area contributed by atoms with Gasteiger partial charge in [0.15, 0.2) is 0 Å². The van der Waals surface area contributed by atoms with Crippen molar-refractivity contribution in [3.05, 3.63) is 64.6 Å². The molecule has 3 heterocycles. The van der Waals surface area contributed by atoms with E-state index in [1.54, 1.807) is 20.0 Å². The molecule has 1 fully saturated rings. The second-order valence-corrected chi connectivity index (χ2v) is 8.67. The topological polar surface area (TPSA) is 80.4 Å². The van der Waals surface area contributed by atoms with E-state index in [1.165, 1.54) is 12.8 Å². The number of fused-ring (bicyclic) bond motifs is 4. The molecule has 0 bridgehead atoms. The van der Waals surface area contributed by atoms with Crippen LogP contribution in [0.1, 0.15) is 48.9 Å². The summed E-state index contributed by atoms with van der Waals surface area (Å²) in [7, 11) is 0. The number of rotatable bonds is 0. The number of nitrogens with one attached hydrogen (secondary N) is 1. The average molecular weight is 397 g/mol. The van der Waals surface area contributed by atoms with Gasteiger partial charge in [-0.2, -0.15) is 0 Å². The molecular weight excluding hydrogens is 374 g/mol. The van der Waals surface area contributed by atoms with Crippen LogP contribution in [-0.4, -0.2) is 22.2 Å². The average Bonchev–Trinajstić information content (AvgIpc) is 3.46. The van der Waals surface area contributed by atoms with Gasteiger partial charge in [-0.15, -0.1) is 0 Å². The Morgan fingerprint density at radius 3 is 2.70 bits per heavy atom. The van der Waals surface area contributed by atoms with Gasteiger partial charge in [0.05, 0.1) is 11.2 Å². The molecule has 1 spiro atoms. The van der Waals surface area contributed by atoms with E-state index in [2.05, 4.69) is 40.0 Å². The molecule has 1 aromatic carbocycles. The summed E-state index contributed by atoms with van der Waals surface area (Å²) in [6.45, 7) is 3.91. The van der Waals surface area contributed by atoms with Crippen LogP contribution in [0.3, 0.4) is 0 Å². The van der Waals surface area contributed by atoms with Crippen molar-refractivity contribution in [3.8, 4) is 35.3 Å². The van der Waals surface area contributed by atoms with Crippen LogP contribution in [0.15, 0.2) is 42.4 Å². The predicted octanol–water partition coefficient (Wildman–Crippen LogP) is 2.76. The quantitative estimate of drug-likeness (QED) is 0.596. The Morgan fingerprint density at radius 1 is 1.20 bits per heavy atom. The number of hydrogen-bond donors (Lipinski definition) is 3. The minimum Gasteiger partial charge on any atom is -0.438 e. The van der Waals surface area contributed by atoms with E-state index in [1.807, 2.05) is 24.3 Å². The van der Waals surface area contributed by atoms with Crippen LogP contribution in [-0.2, 0) is 5.41 Å². The van der Waals surface area contributed by atoms with Crippen molar-refractivity contribution < 1.29 is 9.84 Å². The molecule has 1 aromatic heterocycles. The third-order valence-electron chi connectivity index (χ3n) is 5.48. The Hall–Kier alpha value is -3.41. The summed E-state index contributed by atoms with van der Waals surface area (Å²) >= 11 is 0. The summed E-state index contributed by atoms with van der Waals surface area (Å²) in [5.74, 6) is 15.0. The maximum Gasteiger partial charge on any atom is 0.223 e. The van der Waals surface area contributed by atoms with Crippen molar-refractivity contribution in [2.24, 2.45) is 11.7 Å².